The van der Waals surface area contributed by atoms with Gasteiger partial charge in [0, 0.05) is 39.5 Å². The topological polar surface area (TPSA) is 6.48 Å². The summed E-state index contributed by atoms with van der Waals surface area (Å²) in [5.41, 5.74) is 21.7. The van der Waals surface area contributed by atoms with Crippen molar-refractivity contribution in [2.24, 2.45) is 0 Å². The fraction of sp³-hybridized carbons (Fsp3) is 0.0938. The number of hydrogen-bond donors (Lipinski definition) is 0. The third kappa shape index (κ3) is 6.02. The second kappa shape index (κ2) is 15.4. The molecule has 0 amide bonds. The number of fused-ring (bicyclic) bond motifs is 8. The third-order valence-corrected chi connectivity index (χ3v) is 14.5. The first-order valence-corrected chi connectivity index (χ1v) is 23.2. The molecule has 0 radical (unpaired) electrons. The molecule has 0 spiro atoms. The van der Waals surface area contributed by atoms with Gasteiger partial charge in [-0.1, -0.05) is 165 Å². The Balaban J connectivity index is 1.15. The molecule has 10 aromatic rings. The van der Waals surface area contributed by atoms with Crippen molar-refractivity contribution in [3.63, 3.8) is 0 Å². The van der Waals surface area contributed by atoms with Gasteiger partial charge in [0.2, 0.25) is 0 Å². The van der Waals surface area contributed by atoms with Crippen LogP contribution in [0.25, 0.3) is 33.0 Å². The van der Waals surface area contributed by atoms with Crippen molar-refractivity contribution in [2.75, 3.05) is 9.80 Å². The summed E-state index contributed by atoms with van der Waals surface area (Å²) in [5, 5.41) is 2.59. The van der Waals surface area contributed by atoms with Crippen LogP contribution < -0.4 is 9.80 Å². The fourth-order valence-electron chi connectivity index (χ4n) is 11.4. The van der Waals surface area contributed by atoms with Crippen molar-refractivity contribution >= 4 is 44.9 Å². The Kier molecular flexibility index (Phi) is 9.22. The van der Waals surface area contributed by atoms with Crippen LogP contribution in [0, 0.1) is 13.8 Å². The van der Waals surface area contributed by atoms with Gasteiger partial charge in [0.05, 0.1) is 5.41 Å². The molecule has 0 saturated heterocycles. The lowest BCUT2D eigenvalue weighted by molar-refractivity contribution is 0.659. The number of rotatable bonds is 8. The smallest absolute Gasteiger partial charge is 0.0714 e. The maximum absolute atomic E-state index is 2.58. The largest absolute Gasteiger partial charge is 0.311 e. The lowest BCUT2D eigenvalue weighted by Gasteiger charge is -2.36. The average Bonchev–Trinajstić information content (AvgIpc) is 3.77. The maximum atomic E-state index is 2.58. The molecule has 2 aliphatic rings. The summed E-state index contributed by atoms with van der Waals surface area (Å²) in [6.07, 6.45) is 0. The molecular weight excluding hydrogens is 797 g/mol. The predicted molar refractivity (Wildman–Crippen MR) is 278 cm³/mol. The van der Waals surface area contributed by atoms with Gasteiger partial charge in [0.25, 0.3) is 0 Å². The molecule has 10 aromatic carbocycles. The van der Waals surface area contributed by atoms with Crippen molar-refractivity contribution < 1.29 is 0 Å². The number of aryl methyl sites for hydroxylation is 2. The fourth-order valence-corrected chi connectivity index (χ4v) is 11.4. The van der Waals surface area contributed by atoms with E-state index >= 15 is 0 Å². The first kappa shape index (κ1) is 39.6. The van der Waals surface area contributed by atoms with E-state index in [4.69, 9.17) is 0 Å². The van der Waals surface area contributed by atoms with Gasteiger partial charge in [-0.2, -0.15) is 0 Å². The molecule has 12 rings (SSSR count). The monoisotopic (exact) mass is 846 g/mol. The van der Waals surface area contributed by atoms with Crippen molar-refractivity contribution in [2.45, 2.75) is 38.5 Å². The number of benzene rings is 10. The average molecular weight is 847 g/mol. The van der Waals surface area contributed by atoms with Crippen molar-refractivity contribution in [3.8, 4) is 22.3 Å². The van der Waals surface area contributed by atoms with E-state index < -0.39 is 5.41 Å². The maximum Gasteiger partial charge on any atom is 0.0714 e. The van der Waals surface area contributed by atoms with Crippen LogP contribution in [0.3, 0.4) is 0 Å². The van der Waals surface area contributed by atoms with Gasteiger partial charge in [-0.15, -0.1) is 0 Å². The summed E-state index contributed by atoms with van der Waals surface area (Å²) in [4.78, 5) is 4.71. The molecule has 0 aliphatic heterocycles. The van der Waals surface area contributed by atoms with E-state index in [1.807, 2.05) is 0 Å². The molecule has 0 fully saturated rings. The van der Waals surface area contributed by atoms with E-state index in [2.05, 4.69) is 268 Å². The normalized spacial score (nSPS) is 13.7. The SMILES string of the molecule is Cc1ccc2c(c1)C(C)(C)c1cc3c(cc1-2)C(c1ccc(N(c2ccccc2)c2ccccc2)cc1)(c1ccc(N(c2ccccc2)c2ccccc2)cc1)c1cc(C)c2ccccc2c1-3. The molecule has 0 aromatic heterocycles. The standard InChI is InChI=1S/C64H50N2/c1-43-29-38-54-56-41-60-57(42-59(56)63(3,4)58(54)39-43)62-55-28-18-17-27-53(55)44(2)40-61(62)64(60,45-30-34-51(35-31-45)65(47-19-9-5-10-20-47)48-21-11-6-12-22-48)46-32-36-52(37-33-46)66(49-23-13-7-14-24-49)50-25-15-8-16-26-50/h5-42H,1-4H3. The lowest BCUT2D eigenvalue weighted by Crippen LogP contribution is -2.29. The van der Waals surface area contributed by atoms with Crippen LogP contribution in [0.1, 0.15) is 58.4 Å². The van der Waals surface area contributed by atoms with Gasteiger partial charge in [0.1, 0.15) is 0 Å². The second-order valence-electron chi connectivity index (χ2n) is 18.6. The zero-order chi connectivity index (χ0) is 44.6. The number of hydrogen-bond acceptors (Lipinski definition) is 2. The van der Waals surface area contributed by atoms with E-state index in [0.29, 0.717) is 0 Å². The summed E-state index contributed by atoms with van der Waals surface area (Å²) in [6, 6.07) is 85.5. The molecule has 0 N–H and O–H groups in total. The summed E-state index contributed by atoms with van der Waals surface area (Å²) in [5.74, 6) is 0. The van der Waals surface area contributed by atoms with E-state index in [1.54, 1.807) is 0 Å². The van der Waals surface area contributed by atoms with Crippen molar-refractivity contribution in [3.05, 3.63) is 275 Å². The third-order valence-electron chi connectivity index (χ3n) is 14.5. The number of para-hydroxylation sites is 4. The second-order valence-corrected chi connectivity index (χ2v) is 18.6. The van der Waals surface area contributed by atoms with Crippen LogP contribution in [0.2, 0.25) is 0 Å². The van der Waals surface area contributed by atoms with Crippen LogP contribution in [-0.2, 0) is 10.8 Å². The molecule has 316 valence electrons. The molecule has 2 aliphatic carbocycles. The first-order chi connectivity index (χ1) is 32.3. The van der Waals surface area contributed by atoms with Gasteiger partial charge in [0.15, 0.2) is 0 Å². The highest BCUT2D eigenvalue weighted by Gasteiger charge is 2.49. The lowest BCUT2D eigenvalue weighted by atomic mass is 9.66. The van der Waals surface area contributed by atoms with Crippen LogP contribution >= 0.6 is 0 Å². The minimum absolute atomic E-state index is 0.155. The minimum Gasteiger partial charge on any atom is -0.311 e. The molecule has 0 unspecified atom stereocenters. The Bertz CT molecular complexity index is 3220. The Morgan fingerprint density at radius 1 is 0.318 bits per heavy atom. The Morgan fingerprint density at radius 2 is 0.727 bits per heavy atom. The van der Waals surface area contributed by atoms with Crippen LogP contribution in [-0.4, -0.2) is 0 Å². The van der Waals surface area contributed by atoms with Crippen LogP contribution in [0.15, 0.2) is 231 Å². The highest BCUT2D eigenvalue weighted by Crippen LogP contribution is 2.62. The van der Waals surface area contributed by atoms with Crippen molar-refractivity contribution in [1.82, 2.24) is 0 Å². The van der Waals surface area contributed by atoms with Gasteiger partial charge in [-0.05, 0) is 171 Å². The van der Waals surface area contributed by atoms with E-state index in [1.165, 1.54) is 77.5 Å². The molecule has 0 atom stereocenters. The highest BCUT2D eigenvalue weighted by molar-refractivity contribution is 6.06. The van der Waals surface area contributed by atoms with Crippen LogP contribution in [0.5, 0.6) is 0 Å². The predicted octanol–water partition coefficient (Wildman–Crippen LogP) is 17.1. The van der Waals surface area contributed by atoms with Crippen molar-refractivity contribution in [1.29, 1.82) is 0 Å². The number of nitrogens with zero attached hydrogens (tertiary/aromatic N) is 2. The van der Waals surface area contributed by atoms with E-state index in [-0.39, 0.29) is 5.41 Å². The van der Waals surface area contributed by atoms with Gasteiger partial charge >= 0.3 is 0 Å². The molecule has 0 heterocycles. The van der Waals surface area contributed by atoms with Gasteiger partial charge < -0.3 is 9.80 Å². The Labute approximate surface area is 388 Å². The quantitative estimate of drug-likeness (QED) is 0.150. The summed E-state index contributed by atoms with van der Waals surface area (Å²) >= 11 is 0. The minimum atomic E-state index is -0.655. The summed E-state index contributed by atoms with van der Waals surface area (Å²) in [7, 11) is 0. The molecule has 66 heavy (non-hydrogen) atoms. The zero-order valence-corrected chi connectivity index (χ0v) is 37.8. The van der Waals surface area contributed by atoms with Gasteiger partial charge in [-0.25, -0.2) is 0 Å². The molecule has 0 saturated carbocycles. The first-order valence-electron chi connectivity index (χ1n) is 23.2. The zero-order valence-electron chi connectivity index (χ0n) is 37.8. The molecule has 2 heteroatoms. The Morgan fingerprint density at radius 3 is 1.21 bits per heavy atom. The summed E-state index contributed by atoms with van der Waals surface area (Å²) < 4.78 is 0. The summed E-state index contributed by atoms with van der Waals surface area (Å²) in [6.45, 7) is 9.33. The van der Waals surface area contributed by atoms with E-state index in [9.17, 15) is 0 Å². The molecule has 0 bridgehead atoms. The van der Waals surface area contributed by atoms with Gasteiger partial charge in [-0.3, -0.25) is 0 Å². The van der Waals surface area contributed by atoms with Crippen LogP contribution in [0.4, 0.5) is 34.1 Å². The molecular formula is C64H50N2. The van der Waals surface area contributed by atoms with E-state index in [0.717, 1.165) is 34.1 Å². The molecule has 2 nitrogen and oxygen atoms in total. The highest BCUT2D eigenvalue weighted by atomic mass is 15.1. The number of anilines is 6. The Hall–Kier alpha value is -7.94.